The van der Waals surface area contributed by atoms with E-state index in [1.165, 1.54) is 30.3 Å². The smallest absolute Gasteiger partial charge is 0.270 e. The van der Waals surface area contributed by atoms with E-state index < -0.39 is 9.85 Å². The lowest BCUT2D eigenvalue weighted by Gasteiger charge is -2.02. The molecule has 0 spiro atoms. The highest BCUT2D eigenvalue weighted by Gasteiger charge is 2.15. The molecule has 8 nitrogen and oxygen atoms in total. The summed E-state index contributed by atoms with van der Waals surface area (Å²) in [5.74, 6) is -0.225. The van der Waals surface area contributed by atoms with Gasteiger partial charge in [0, 0.05) is 42.0 Å². The molecule has 0 amide bonds. The lowest BCUT2D eigenvalue weighted by atomic mass is 10.1. The minimum atomic E-state index is -0.531. The fraction of sp³-hybridized carbons (Fsp3) is 0.100. The summed E-state index contributed by atoms with van der Waals surface area (Å²) in [6, 6.07) is 15.7. The summed E-state index contributed by atoms with van der Waals surface area (Å²) >= 11 is 0. The van der Waals surface area contributed by atoms with Crippen LogP contribution in [0.15, 0.2) is 73.1 Å². The molecule has 8 heteroatoms. The number of nitro benzene ring substituents is 2. The second kappa shape index (κ2) is 8.17. The summed E-state index contributed by atoms with van der Waals surface area (Å²) < 4.78 is 1.69. The van der Waals surface area contributed by atoms with Gasteiger partial charge in [-0.05, 0) is 17.5 Å². The summed E-state index contributed by atoms with van der Waals surface area (Å²) in [6.45, 7) is 0.0684. The number of non-ortho nitro benzene ring substituents is 2. The Bertz CT molecular complexity index is 1030. The van der Waals surface area contributed by atoms with Gasteiger partial charge < -0.3 is 0 Å². The fourth-order valence-electron chi connectivity index (χ4n) is 2.73. The van der Waals surface area contributed by atoms with Gasteiger partial charge in [0.1, 0.15) is 0 Å². The van der Waals surface area contributed by atoms with Crippen molar-refractivity contribution >= 4 is 17.2 Å². The second-order valence-corrected chi connectivity index (χ2v) is 6.21. The van der Waals surface area contributed by atoms with Gasteiger partial charge in [0.05, 0.1) is 9.85 Å². The first-order chi connectivity index (χ1) is 13.4. The van der Waals surface area contributed by atoms with Crippen molar-refractivity contribution in [3.8, 4) is 0 Å². The Hall–Kier alpha value is -3.94. The number of carbonyl (C=O) groups is 1. The normalized spacial score (nSPS) is 10.4. The molecule has 0 saturated heterocycles. The predicted octanol–water partition coefficient (Wildman–Crippen LogP) is 3.26. The molecule has 1 aromatic heterocycles. The van der Waals surface area contributed by atoms with Crippen LogP contribution < -0.4 is 4.57 Å². The van der Waals surface area contributed by atoms with E-state index in [-0.39, 0.29) is 29.3 Å². The van der Waals surface area contributed by atoms with Gasteiger partial charge in [-0.2, -0.15) is 4.57 Å². The quantitative estimate of drug-likeness (QED) is 0.271. The first-order valence-corrected chi connectivity index (χ1v) is 8.41. The van der Waals surface area contributed by atoms with Crippen LogP contribution in [0.2, 0.25) is 0 Å². The van der Waals surface area contributed by atoms with E-state index in [2.05, 4.69) is 0 Å². The summed E-state index contributed by atoms with van der Waals surface area (Å²) in [4.78, 5) is 32.9. The summed E-state index contributed by atoms with van der Waals surface area (Å²) in [6.07, 6.45) is 4.13. The van der Waals surface area contributed by atoms with E-state index in [9.17, 15) is 25.0 Å². The Morgan fingerprint density at radius 1 is 0.821 bits per heavy atom. The van der Waals surface area contributed by atoms with E-state index in [4.69, 9.17) is 0 Å². The van der Waals surface area contributed by atoms with Crippen molar-refractivity contribution in [3.05, 3.63) is 110 Å². The van der Waals surface area contributed by atoms with Gasteiger partial charge >= 0.3 is 0 Å². The molecule has 3 aromatic rings. The average molecular weight is 378 g/mol. The molecule has 1 heterocycles. The summed E-state index contributed by atoms with van der Waals surface area (Å²) in [7, 11) is 0. The standard InChI is InChI=1S/C20H16N3O5/c24-20(17-2-1-3-19(13-17)23(27)28)14-21-10-8-16(9-11-21)12-15-4-6-18(7-5-15)22(25)26/h1-11,13H,12,14H2/q+1. The molecule has 2 aromatic carbocycles. The summed E-state index contributed by atoms with van der Waals surface area (Å²) in [5.41, 5.74) is 2.16. The zero-order chi connectivity index (χ0) is 20.1. The highest BCUT2D eigenvalue weighted by atomic mass is 16.6. The van der Waals surface area contributed by atoms with Gasteiger partial charge in [-0.1, -0.05) is 24.3 Å². The Morgan fingerprint density at radius 3 is 2.04 bits per heavy atom. The first-order valence-electron chi connectivity index (χ1n) is 8.41. The molecule has 3 rings (SSSR count). The molecule has 0 radical (unpaired) electrons. The average Bonchev–Trinajstić information content (AvgIpc) is 2.70. The van der Waals surface area contributed by atoms with Crippen LogP contribution >= 0.6 is 0 Å². The number of aromatic nitrogens is 1. The largest absolute Gasteiger partial charge is 0.287 e. The Morgan fingerprint density at radius 2 is 1.43 bits per heavy atom. The third-order valence-corrected chi connectivity index (χ3v) is 4.22. The zero-order valence-corrected chi connectivity index (χ0v) is 14.7. The minimum Gasteiger partial charge on any atom is -0.287 e. The van der Waals surface area contributed by atoms with Gasteiger partial charge in [-0.15, -0.1) is 0 Å². The van der Waals surface area contributed by atoms with E-state index in [0.29, 0.717) is 6.42 Å². The number of benzene rings is 2. The van der Waals surface area contributed by atoms with Crippen molar-refractivity contribution in [3.63, 3.8) is 0 Å². The van der Waals surface area contributed by atoms with Crippen molar-refractivity contribution < 1.29 is 19.2 Å². The van der Waals surface area contributed by atoms with Crippen LogP contribution in [0.1, 0.15) is 21.5 Å². The van der Waals surface area contributed by atoms with Crippen molar-refractivity contribution in [1.29, 1.82) is 0 Å². The van der Waals surface area contributed by atoms with Crippen molar-refractivity contribution in [2.24, 2.45) is 0 Å². The van der Waals surface area contributed by atoms with Crippen LogP contribution in [0.4, 0.5) is 11.4 Å². The number of ketones is 1. The van der Waals surface area contributed by atoms with Gasteiger partial charge in [0.15, 0.2) is 12.4 Å². The molecule has 0 atom stereocenters. The number of pyridine rings is 1. The first kappa shape index (κ1) is 18.8. The van der Waals surface area contributed by atoms with Gasteiger partial charge in [-0.3, -0.25) is 25.0 Å². The van der Waals surface area contributed by atoms with Gasteiger partial charge in [-0.25, -0.2) is 0 Å². The monoisotopic (exact) mass is 378 g/mol. The van der Waals surface area contributed by atoms with E-state index in [1.807, 2.05) is 12.1 Å². The molecule has 0 unspecified atom stereocenters. The Labute approximate surface area is 160 Å². The lowest BCUT2D eigenvalue weighted by Crippen LogP contribution is -2.37. The molecule has 0 bridgehead atoms. The Kier molecular flexibility index (Phi) is 5.50. The molecule has 28 heavy (non-hydrogen) atoms. The number of hydrogen-bond acceptors (Lipinski definition) is 5. The van der Waals surface area contributed by atoms with Crippen LogP contribution in [0.25, 0.3) is 0 Å². The van der Waals surface area contributed by atoms with Crippen LogP contribution in [-0.4, -0.2) is 15.6 Å². The Balaban J connectivity index is 1.65. The minimum absolute atomic E-state index is 0.0503. The van der Waals surface area contributed by atoms with Crippen LogP contribution in [0.3, 0.4) is 0 Å². The molecule has 0 N–H and O–H groups in total. The number of nitro groups is 2. The third kappa shape index (κ3) is 4.61. The fourth-order valence-corrected chi connectivity index (χ4v) is 2.73. The number of carbonyl (C=O) groups excluding carboxylic acids is 1. The molecule has 0 aliphatic carbocycles. The molecular weight excluding hydrogens is 362 g/mol. The SMILES string of the molecule is O=C(C[n+]1ccc(Cc2ccc([N+](=O)[O-])cc2)cc1)c1cccc([N+](=O)[O-])c1. The topological polar surface area (TPSA) is 107 Å². The van der Waals surface area contributed by atoms with Gasteiger partial charge in [0.2, 0.25) is 12.3 Å². The molecule has 0 aliphatic rings. The van der Waals surface area contributed by atoms with Crippen molar-refractivity contribution in [1.82, 2.24) is 0 Å². The summed E-state index contributed by atoms with van der Waals surface area (Å²) in [5, 5.41) is 21.5. The molecular formula is C20H16N3O5+. The zero-order valence-electron chi connectivity index (χ0n) is 14.7. The molecule has 140 valence electrons. The lowest BCUT2D eigenvalue weighted by molar-refractivity contribution is -0.683. The number of nitrogens with zero attached hydrogens (tertiary/aromatic N) is 3. The predicted molar refractivity (Wildman–Crippen MR) is 100.0 cm³/mol. The van der Waals surface area contributed by atoms with Crippen LogP contribution in [0, 0.1) is 20.2 Å². The maximum absolute atomic E-state index is 12.4. The second-order valence-electron chi connectivity index (χ2n) is 6.21. The molecule has 0 fully saturated rings. The van der Waals surface area contributed by atoms with Crippen LogP contribution in [0.5, 0.6) is 0 Å². The highest BCUT2D eigenvalue weighted by Crippen LogP contribution is 2.15. The van der Waals surface area contributed by atoms with E-state index in [0.717, 1.165) is 11.1 Å². The molecule has 0 aliphatic heterocycles. The number of hydrogen-bond donors (Lipinski definition) is 0. The van der Waals surface area contributed by atoms with Crippen molar-refractivity contribution in [2.75, 3.05) is 0 Å². The highest BCUT2D eigenvalue weighted by molar-refractivity contribution is 5.95. The van der Waals surface area contributed by atoms with E-state index >= 15 is 0 Å². The van der Waals surface area contributed by atoms with Gasteiger partial charge in [0.25, 0.3) is 11.4 Å². The van der Waals surface area contributed by atoms with Crippen LogP contribution in [-0.2, 0) is 13.0 Å². The van der Waals surface area contributed by atoms with E-state index in [1.54, 1.807) is 35.2 Å². The third-order valence-electron chi connectivity index (χ3n) is 4.22. The maximum Gasteiger partial charge on any atom is 0.270 e. The maximum atomic E-state index is 12.4. The number of rotatable bonds is 7. The van der Waals surface area contributed by atoms with Crippen molar-refractivity contribution in [2.45, 2.75) is 13.0 Å². The number of Topliss-reactive ketones (excluding diaryl/α,β-unsaturated/α-hetero) is 1. The molecule has 0 saturated carbocycles.